The van der Waals surface area contributed by atoms with Crippen molar-refractivity contribution in [3.05, 3.63) is 51.5 Å². The zero-order chi connectivity index (χ0) is 15.8. The first-order valence-corrected chi connectivity index (χ1v) is 8.10. The molecular weight excluding hydrogens is 390 g/mol. The van der Waals surface area contributed by atoms with Crippen molar-refractivity contribution in [2.24, 2.45) is 0 Å². The largest absolute Gasteiger partial charge is 0.394 e. The van der Waals surface area contributed by atoms with E-state index >= 15 is 0 Å². The van der Waals surface area contributed by atoms with Crippen LogP contribution in [0.1, 0.15) is 0 Å². The zero-order valence-electron chi connectivity index (χ0n) is 10.2. The number of nitrogens with two attached hydrogens (primary N) is 1. The summed E-state index contributed by atoms with van der Waals surface area (Å²) in [4.78, 5) is -0.756. The first-order valence-electron chi connectivity index (χ1n) is 5.44. The summed E-state index contributed by atoms with van der Waals surface area (Å²) < 4.78 is 53.7. The van der Waals surface area contributed by atoms with E-state index in [0.29, 0.717) is 4.47 Å². The van der Waals surface area contributed by atoms with Crippen LogP contribution in [0, 0.1) is 11.6 Å². The molecule has 0 saturated heterocycles. The minimum atomic E-state index is -4.28. The van der Waals surface area contributed by atoms with Gasteiger partial charge < -0.3 is 5.73 Å². The number of hydrogen-bond donors (Lipinski definition) is 2. The number of rotatable bonds is 3. The highest BCUT2D eigenvalue weighted by Gasteiger charge is 2.23. The van der Waals surface area contributed by atoms with E-state index in [0.717, 1.165) is 12.1 Å². The van der Waals surface area contributed by atoms with Gasteiger partial charge in [0.25, 0.3) is 10.0 Å². The van der Waals surface area contributed by atoms with Crippen LogP contribution in [0.2, 0.25) is 5.02 Å². The van der Waals surface area contributed by atoms with Crippen molar-refractivity contribution >= 4 is 48.9 Å². The van der Waals surface area contributed by atoms with E-state index in [2.05, 4.69) is 20.7 Å². The lowest BCUT2D eigenvalue weighted by Gasteiger charge is -2.12. The van der Waals surface area contributed by atoms with Crippen molar-refractivity contribution in [1.82, 2.24) is 0 Å². The van der Waals surface area contributed by atoms with Crippen LogP contribution in [0.15, 0.2) is 39.7 Å². The molecule has 112 valence electrons. The Balaban J connectivity index is 2.49. The smallest absolute Gasteiger partial charge is 0.264 e. The maximum Gasteiger partial charge on any atom is 0.264 e. The van der Waals surface area contributed by atoms with Gasteiger partial charge in [0.2, 0.25) is 0 Å². The summed E-state index contributed by atoms with van der Waals surface area (Å²) in [6.45, 7) is 0. The molecule has 2 rings (SSSR count). The van der Waals surface area contributed by atoms with Crippen LogP contribution in [0.5, 0.6) is 0 Å². The van der Waals surface area contributed by atoms with E-state index < -0.39 is 32.2 Å². The van der Waals surface area contributed by atoms with Crippen molar-refractivity contribution in [3.63, 3.8) is 0 Å². The highest BCUT2D eigenvalue weighted by Crippen LogP contribution is 2.32. The molecule has 0 spiro atoms. The average Bonchev–Trinajstić information content (AvgIpc) is 2.41. The number of benzene rings is 2. The van der Waals surface area contributed by atoms with Crippen molar-refractivity contribution in [2.75, 3.05) is 10.5 Å². The summed E-state index contributed by atoms with van der Waals surface area (Å²) in [7, 11) is -4.28. The Morgan fingerprint density at radius 3 is 2.52 bits per heavy atom. The van der Waals surface area contributed by atoms with Gasteiger partial charge in [0, 0.05) is 0 Å². The third-order valence-corrected chi connectivity index (χ3v) is 5.36. The van der Waals surface area contributed by atoms with E-state index in [1.807, 2.05) is 0 Å². The SMILES string of the molecule is Nc1c(F)ccc(S(=O)(=O)Nc2cccc(Cl)c2Br)c1F. The molecule has 0 fully saturated rings. The molecule has 0 aliphatic heterocycles. The zero-order valence-corrected chi connectivity index (χ0v) is 13.4. The highest BCUT2D eigenvalue weighted by atomic mass is 79.9. The summed E-state index contributed by atoms with van der Waals surface area (Å²) in [5, 5.41) is 0.272. The van der Waals surface area contributed by atoms with Gasteiger partial charge in [-0.15, -0.1) is 0 Å². The molecule has 0 aromatic heterocycles. The van der Waals surface area contributed by atoms with Crippen molar-refractivity contribution in [3.8, 4) is 0 Å². The van der Waals surface area contributed by atoms with Gasteiger partial charge in [0.05, 0.1) is 15.2 Å². The Morgan fingerprint density at radius 1 is 1.19 bits per heavy atom. The quantitative estimate of drug-likeness (QED) is 0.775. The van der Waals surface area contributed by atoms with Gasteiger partial charge in [0.1, 0.15) is 16.4 Å². The summed E-state index contributed by atoms with van der Waals surface area (Å²) in [6.07, 6.45) is 0. The number of hydrogen-bond acceptors (Lipinski definition) is 3. The third-order valence-electron chi connectivity index (χ3n) is 2.58. The number of sulfonamides is 1. The molecule has 0 radical (unpaired) electrons. The summed E-state index contributed by atoms with van der Waals surface area (Å²) >= 11 is 8.95. The number of halogens is 4. The topological polar surface area (TPSA) is 72.2 Å². The number of nitrogen functional groups attached to an aromatic ring is 1. The predicted octanol–water partition coefficient (Wildman–Crippen LogP) is 3.76. The Hall–Kier alpha value is -1.38. The van der Waals surface area contributed by atoms with Gasteiger partial charge in [-0.1, -0.05) is 17.7 Å². The van der Waals surface area contributed by atoms with Gasteiger partial charge in [-0.25, -0.2) is 17.2 Å². The number of anilines is 2. The molecule has 0 bridgehead atoms. The normalized spacial score (nSPS) is 11.4. The van der Waals surface area contributed by atoms with E-state index in [-0.39, 0.29) is 10.7 Å². The first-order chi connectivity index (χ1) is 9.74. The molecule has 0 unspecified atom stereocenters. The monoisotopic (exact) mass is 396 g/mol. The Morgan fingerprint density at radius 2 is 1.86 bits per heavy atom. The molecule has 0 heterocycles. The fraction of sp³-hybridized carbons (Fsp3) is 0. The minimum absolute atomic E-state index is 0.116. The molecule has 2 aromatic rings. The van der Waals surface area contributed by atoms with Gasteiger partial charge in [-0.2, -0.15) is 0 Å². The van der Waals surface area contributed by atoms with Crippen LogP contribution in [-0.4, -0.2) is 8.42 Å². The van der Waals surface area contributed by atoms with Crippen LogP contribution >= 0.6 is 27.5 Å². The molecule has 3 N–H and O–H groups in total. The second-order valence-electron chi connectivity index (χ2n) is 3.98. The molecule has 0 aliphatic carbocycles. The van der Waals surface area contributed by atoms with E-state index in [1.54, 1.807) is 6.07 Å². The van der Waals surface area contributed by atoms with E-state index in [4.69, 9.17) is 17.3 Å². The molecular formula is C12H8BrClF2N2O2S. The highest BCUT2D eigenvalue weighted by molar-refractivity contribution is 9.10. The molecule has 0 atom stereocenters. The lowest BCUT2D eigenvalue weighted by Crippen LogP contribution is -2.16. The van der Waals surface area contributed by atoms with Crippen LogP contribution in [0.25, 0.3) is 0 Å². The Labute approximate surface area is 133 Å². The first kappa shape index (κ1) is 16.0. The maximum absolute atomic E-state index is 13.8. The standard InChI is InChI=1S/C12H8BrClF2N2O2S/c13-10-6(14)2-1-3-8(10)18-21(19,20)9-5-4-7(15)12(17)11(9)16/h1-5,18H,17H2. The lowest BCUT2D eigenvalue weighted by atomic mass is 10.3. The van der Waals surface area contributed by atoms with Crippen molar-refractivity contribution < 1.29 is 17.2 Å². The molecule has 2 aromatic carbocycles. The molecule has 0 saturated carbocycles. The predicted molar refractivity (Wildman–Crippen MR) is 80.7 cm³/mol. The minimum Gasteiger partial charge on any atom is -0.394 e. The van der Waals surface area contributed by atoms with Gasteiger partial charge in [-0.3, -0.25) is 4.72 Å². The van der Waals surface area contributed by atoms with E-state index in [9.17, 15) is 17.2 Å². The fourth-order valence-corrected chi connectivity index (χ4v) is 3.37. The maximum atomic E-state index is 13.8. The summed E-state index contributed by atoms with van der Waals surface area (Å²) in [6, 6.07) is 6.06. The molecule has 0 amide bonds. The van der Waals surface area contributed by atoms with Crippen LogP contribution in [0.4, 0.5) is 20.2 Å². The Kier molecular flexibility index (Phi) is 4.40. The van der Waals surface area contributed by atoms with Gasteiger partial charge >= 0.3 is 0 Å². The van der Waals surface area contributed by atoms with Crippen molar-refractivity contribution in [2.45, 2.75) is 4.90 Å². The number of nitrogens with one attached hydrogen (secondary N) is 1. The average molecular weight is 398 g/mol. The molecule has 21 heavy (non-hydrogen) atoms. The molecule has 9 heteroatoms. The summed E-state index contributed by atoms with van der Waals surface area (Å²) in [5.74, 6) is -2.38. The van der Waals surface area contributed by atoms with Crippen LogP contribution < -0.4 is 10.5 Å². The Bertz CT molecular complexity index is 815. The van der Waals surface area contributed by atoms with Crippen LogP contribution in [-0.2, 0) is 10.0 Å². The van der Waals surface area contributed by atoms with Crippen LogP contribution in [0.3, 0.4) is 0 Å². The summed E-state index contributed by atoms with van der Waals surface area (Å²) in [5.41, 5.74) is 4.41. The lowest BCUT2D eigenvalue weighted by molar-refractivity contribution is 0.557. The van der Waals surface area contributed by atoms with Gasteiger partial charge in [0.15, 0.2) is 5.82 Å². The second-order valence-corrected chi connectivity index (χ2v) is 6.83. The van der Waals surface area contributed by atoms with Crippen molar-refractivity contribution in [1.29, 1.82) is 0 Å². The van der Waals surface area contributed by atoms with E-state index in [1.165, 1.54) is 12.1 Å². The third kappa shape index (κ3) is 3.12. The molecule has 0 aliphatic rings. The fourth-order valence-electron chi connectivity index (χ4n) is 1.54. The second kappa shape index (κ2) is 5.78. The molecule has 4 nitrogen and oxygen atoms in total. The van der Waals surface area contributed by atoms with Gasteiger partial charge in [-0.05, 0) is 40.2 Å².